The highest BCUT2D eigenvalue weighted by molar-refractivity contribution is 5.79. The van der Waals surface area contributed by atoms with Gasteiger partial charge in [-0.15, -0.1) is 5.10 Å². The van der Waals surface area contributed by atoms with Gasteiger partial charge < -0.3 is 19.4 Å². The van der Waals surface area contributed by atoms with Crippen molar-refractivity contribution in [1.29, 1.82) is 0 Å². The predicted molar refractivity (Wildman–Crippen MR) is 104 cm³/mol. The third-order valence-electron chi connectivity index (χ3n) is 4.67. The van der Waals surface area contributed by atoms with Crippen molar-refractivity contribution >= 4 is 11.9 Å². The maximum atomic E-state index is 13.1. The molecule has 1 aliphatic heterocycles. The van der Waals surface area contributed by atoms with Gasteiger partial charge in [0.2, 0.25) is 11.8 Å². The molecule has 1 saturated heterocycles. The molecule has 150 valence electrons. The SMILES string of the molecule is O=C(Cc1ccc(F)cc1)N[C@@H](c1ccccc1)c1nnc(N2CCOCC2)o1. The van der Waals surface area contributed by atoms with Crippen LogP contribution < -0.4 is 10.2 Å². The van der Waals surface area contributed by atoms with Gasteiger partial charge in [-0.1, -0.05) is 47.6 Å². The van der Waals surface area contributed by atoms with E-state index in [0.29, 0.717) is 38.2 Å². The Morgan fingerprint density at radius 1 is 1.07 bits per heavy atom. The van der Waals surface area contributed by atoms with Gasteiger partial charge in [0.25, 0.3) is 0 Å². The van der Waals surface area contributed by atoms with E-state index in [1.165, 1.54) is 12.1 Å². The van der Waals surface area contributed by atoms with Crippen LogP contribution in [0.4, 0.5) is 10.4 Å². The summed E-state index contributed by atoms with van der Waals surface area (Å²) in [5.74, 6) is -0.250. The Hall–Kier alpha value is -3.26. The fourth-order valence-electron chi connectivity index (χ4n) is 3.16. The molecule has 8 heteroatoms. The largest absolute Gasteiger partial charge is 0.405 e. The molecule has 0 radical (unpaired) electrons. The number of benzene rings is 2. The van der Waals surface area contributed by atoms with Crippen LogP contribution in [0.5, 0.6) is 0 Å². The highest BCUT2D eigenvalue weighted by Crippen LogP contribution is 2.24. The monoisotopic (exact) mass is 396 g/mol. The topological polar surface area (TPSA) is 80.5 Å². The van der Waals surface area contributed by atoms with E-state index < -0.39 is 6.04 Å². The van der Waals surface area contributed by atoms with E-state index in [2.05, 4.69) is 15.5 Å². The summed E-state index contributed by atoms with van der Waals surface area (Å²) < 4.78 is 24.3. The van der Waals surface area contributed by atoms with Gasteiger partial charge in [-0.05, 0) is 23.3 Å². The lowest BCUT2D eigenvalue weighted by molar-refractivity contribution is -0.121. The van der Waals surface area contributed by atoms with Crippen LogP contribution in [-0.2, 0) is 16.0 Å². The van der Waals surface area contributed by atoms with Crippen LogP contribution in [0.25, 0.3) is 0 Å². The molecule has 0 aliphatic carbocycles. The molecular weight excluding hydrogens is 375 g/mol. The van der Waals surface area contributed by atoms with Crippen LogP contribution >= 0.6 is 0 Å². The summed E-state index contributed by atoms with van der Waals surface area (Å²) in [5.41, 5.74) is 1.55. The smallest absolute Gasteiger partial charge is 0.318 e. The number of morpholine rings is 1. The minimum atomic E-state index is -0.577. The molecule has 0 bridgehead atoms. The summed E-state index contributed by atoms with van der Waals surface area (Å²) in [6, 6.07) is 15.1. The lowest BCUT2D eigenvalue weighted by Crippen LogP contribution is -2.36. The predicted octanol–water partition coefficient (Wildman–Crippen LogP) is 2.49. The van der Waals surface area contributed by atoms with Crippen LogP contribution in [-0.4, -0.2) is 42.4 Å². The summed E-state index contributed by atoms with van der Waals surface area (Å²) in [4.78, 5) is 14.6. The van der Waals surface area contributed by atoms with Gasteiger partial charge in [0.1, 0.15) is 11.9 Å². The van der Waals surface area contributed by atoms with E-state index in [4.69, 9.17) is 9.15 Å². The summed E-state index contributed by atoms with van der Waals surface area (Å²) in [6.07, 6.45) is 0.119. The molecule has 2 aromatic carbocycles. The fraction of sp³-hybridized carbons (Fsp3) is 0.286. The Bertz CT molecular complexity index is 940. The van der Waals surface area contributed by atoms with Crippen molar-refractivity contribution in [2.24, 2.45) is 0 Å². The van der Waals surface area contributed by atoms with E-state index in [9.17, 15) is 9.18 Å². The molecule has 1 N–H and O–H groups in total. The molecule has 7 nitrogen and oxygen atoms in total. The third-order valence-corrected chi connectivity index (χ3v) is 4.67. The molecule has 2 heterocycles. The van der Waals surface area contributed by atoms with Crippen LogP contribution in [0.2, 0.25) is 0 Å². The number of nitrogens with one attached hydrogen (secondary N) is 1. The maximum absolute atomic E-state index is 13.1. The summed E-state index contributed by atoms with van der Waals surface area (Å²) >= 11 is 0. The first-order valence-electron chi connectivity index (χ1n) is 9.44. The molecule has 0 spiro atoms. The van der Waals surface area contributed by atoms with E-state index >= 15 is 0 Å². The molecule has 4 rings (SSSR count). The molecule has 1 aliphatic rings. The average Bonchev–Trinajstić information content (AvgIpc) is 3.25. The second-order valence-electron chi connectivity index (χ2n) is 6.74. The van der Waals surface area contributed by atoms with Crippen molar-refractivity contribution in [3.05, 3.63) is 77.4 Å². The molecule has 1 fully saturated rings. The number of hydrogen-bond donors (Lipinski definition) is 1. The zero-order valence-corrected chi connectivity index (χ0v) is 15.8. The Morgan fingerprint density at radius 3 is 2.52 bits per heavy atom. The molecule has 3 aromatic rings. The zero-order valence-electron chi connectivity index (χ0n) is 15.8. The Kier molecular flexibility index (Phi) is 5.81. The number of ether oxygens (including phenoxy) is 1. The molecule has 1 aromatic heterocycles. The second kappa shape index (κ2) is 8.83. The first-order valence-corrected chi connectivity index (χ1v) is 9.44. The van der Waals surface area contributed by atoms with Crippen molar-refractivity contribution < 1.29 is 18.3 Å². The van der Waals surface area contributed by atoms with E-state index in [1.807, 2.05) is 35.2 Å². The minimum Gasteiger partial charge on any atom is -0.405 e. The maximum Gasteiger partial charge on any atom is 0.318 e. The molecule has 0 saturated carbocycles. The van der Waals surface area contributed by atoms with E-state index in [-0.39, 0.29) is 18.1 Å². The van der Waals surface area contributed by atoms with Crippen molar-refractivity contribution in [2.45, 2.75) is 12.5 Å². The summed E-state index contributed by atoms with van der Waals surface area (Å²) in [5, 5.41) is 11.3. The second-order valence-corrected chi connectivity index (χ2v) is 6.74. The third kappa shape index (κ3) is 4.78. The Morgan fingerprint density at radius 2 is 1.79 bits per heavy atom. The van der Waals surface area contributed by atoms with Gasteiger partial charge >= 0.3 is 6.01 Å². The van der Waals surface area contributed by atoms with Gasteiger partial charge in [0, 0.05) is 13.1 Å². The number of carbonyl (C=O) groups excluding carboxylic acids is 1. The molecule has 1 amide bonds. The lowest BCUT2D eigenvalue weighted by Gasteiger charge is -2.24. The number of halogens is 1. The molecule has 1 atom stereocenters. The standard InChI is InChI=1S/C21H21FN4O3/c22-17-8-6-15(7-9-17)14-18(27)23-19(16-4-2-1-3-5-16)20-24-25-21(29-20)26-10-12-28-13-11-26/h1-9,19H,10-14H2,(H,23,27)/t19-/m0/s1. The highest BCUT2D eigenvalue weighted by atomic mass is 19.1. The van der Waals surface area contributed by atoms with Gasteiger partial charge in [-0.2, -0.15) is 0 Å². The lowest BCUT2D eigenvalue weighted by atomic mass is 10.1. The first kappa shape index (κ1) is 19.1. The van der Waals surface area contributed by atoms with Crippen molar-refractivity contribution in [1.82, 2.24) is 15.5 Å². The van der Waals surface area contributed by atoms with Crippen LogP contribution in [0.15, 0.2) is 59.0 Å². The zero-order chi connectivity index (χ0) is 20.1. The van der Waals surface area contributed by atoms with Crippen molar-refractivity contribution in [3.8, 4) is 0 Å². The molecule has 29 heavy (non-hydrogen) atoms. The Balaban J connectivity index is 1.53. The van der Waals surface area contributed by atoms with Crippen LogP contribution in [0.3, 0.4) is 0 Å². The van der Waals surface area contributed by atoms with E-state index in [0.717, 1.165) is 11.1 Å². The van der Waals surface area contributed by atoms with Crippen molar-refractivity contribution in [2.75, 3.05) is 31.2 Å². The Labute approximate surface area is 167 Å². The van der Waals surface area contributed by atoms with E-state index in [1.54, 1.807) is 12.1 Å². The van der Waals surface area contributed by atoms with Crippen molar-refractivity contribution in [3.63, 3.8) is 0 Å². The number of nitrogens with zero attached hydrogens (tertiary/aromatic N) is 3. The number of rotatable bonds is 6. The molecular formula is C21H21FN4O3. The minimum absolute atomic E-state index is 0.119. The summed E-state index contributed by atoms with van der Waals surface area (Å²) in [7, 11) is 0. The summed E-state index contributed by atoms with van der Waals surface area (Å²) in [6.45, 7) is 2.56. The average molecular weight is 396 g/mol. The number of amides is 1. The van der Waals surface area contributed by atoms with Gasteiger partial charge in [-0.25, -0.2) is 4.39 Å². The number of aromatic nitrogens is 2. The first-order chi connectivity index (χ1) is 14.2. The number of carbonyl (C=O) groups is 1. The fourth-order valence-corrected chi connectivity index (χ4v) is 3.16. The normalized spacial score (nSPS) is 15.1. The van der Waals surface area contributed by atoms with Gasteiger partial charge in [0.15, 0.2) is 0 Å². The number of hydrogen-bond acceptors (Lipinski definition) is 6. The molecule has 0 unspecified atom stereocenters. The quantitative estimate of drug-likeness (QED) is 0.690. The van der Waals surface area contributed by atoms with Crippen LogP contribution in [0, 0.1) is 5.82 Å². The van der Waals surface area contributed by atoms with Gasteiger partial charge in [0.05, 0.1) is 19.6 Å². The van der Waals surface area contributed by atoms with Gasteiger partial charge in [-0.3, -0.25) is 4.79 Å². The number of anilines is 1. The van der Waals surface area contributed by atoms with Crippen LogP contribution in [0.1, 0.15) is 23.1 Å². The highest BCUT2D eigenvalue weighted by Gasteiger charge is 2.25.